The monoisotopic (exact) mass is 364 g/mol. The van der Waals surface area contributed by atoms with Crippen LogP contribution in [0.3, 0.4) is 0 Å². The average molecular weight is 364 g/mol. The molecule has 2 aromatic heterocycles. The van der Waals surface area contributed by atoms with Crippen molar-refractivity contribution in [3.63, 3.8) is 0 Å². The van der Waals surface area contributed by atoms with Gasteiger partial charge in [0.05, 0.1) is 12.3 Å². The molecule has 2 heterocycles. The minimum atomic E-state index is -0.814. The summed E-state index contributed by atoms with van der Waals surface area (Å²) in [5, 5.41) is 14.5. The highest BCUT2D eigenvalue weighted by atomic mass is 32.1. The number of nitrogens with zero attached hydrogens (tertiary/aromatic N) is 5. The number of hydrogen-bond donors (Lipinski definition) is 1. The zero-order valence-corrected chi connectivity index (χ0v) is 15.0. The number of thiazole rings is 1. The van der Waals surface area contributed by atoms with Crippen molar-refractivity contribution in [2.24, 2.45) is 0 Å². The number of nitrogens with one attached hydrogen (secondary N) is 1. The molecule has 1 N–H and O–H groups in total. The first-order valence-corrected chi connectivity index (χ1v) is 9.08. The van der Waals surface area contributed by atoms with Crippen LogP contribution in [-0.4, -0.2) is 43.7 Å². The Hall–Kier alpha value is -2.36. The molecule has 0 saturated heterocycles. The maximum absolute atomic E-state index is 13.0. The van der Waals surface area contributed by atoms with Gasteiger partial charge in [-0.2, -0.15) is 0 Å². The van der Waals surface area contributed by atoms with E-state index < -0.39 is 11.5 Å². The number of hydrogen-bond acceptors (Lipinski definition) is 8. The molecule has 2 aromatic rings. The van der Waals surface area contributed by atoms with Crippen LogP contribution in [0.25, 0.3) is 0 Å². The second-order valence-corrected chi connectivity index (χ2v) is 6.95. The fraction of sp³-hybridized carbons (Fsp3) is 0.600. The molecular formula is C15H20N6O3S. The van der Waals surface area contributed by atoms with Crippen molar-refractivity contribution in [2.75, 3.05) is 11.9 Å². The number of aromatic nitrogens is 5. The van der Waals surface area contributed by atoms with Crippen LogP contribution in [0.15, 0.2) is 6.33 Å². The number of esters is 1. The van der Waals surface area contributed by atoms with Gasteiger partial charge in [-0.15, -0.1) is 5.10 Å². The van der Waals surface area contributed by atoms with Crippen LogP contribution in [0.2, 0.25) is 0 Å². The number of aryl methyl sites for hydroxylation is 1. The maximum atomic E-state index is 13.0. The molecule has 0 spiro atoms. The summed E-state index contributed by atoms with van der Waals surface area (Å²) < 4.78 is 6.55. The third-order valence-electron chi connectivity index (χ3n) is 4.37. The van der Waals surface area contributed by atoms with E-state index in [1.807, 2.05) is 0 Å². The van der Waals surface area contributed by atoms with E-state index in [0.29, 0.717) is 35.2 Å². The van der Waals surface area contributed by atoms with E-state index in [-0.39, 0.29) is 5.91 Å². The van der Waals surface area contributed by atoms with E-state index in [0.717, 1.165) is 30.6 Å². The van der Waals surface area contributed by atoms with Crippen LogP contribution in [0.4, 0.5) is 5.13 Å². The van der Waals surface area contributed by atoms with Crippen LogP contribution in [0.1, 0.15) is 54.4 Å². The first-order valence-electron chi connectivity index (χ1n) is 8.26. The molecule has 1 saturated carbocycles. The average Bonchev–Trinajstić information content (AvgIpc) is 3.26. The van der Waals surface area contributed by atoms with E-state index in [2.05, 4.69) is 25.8 Å². The van der Waals surface area contributed by atoms with Gasteiger partial charge in [0.1, 0.15) is 16.7 Å². The van der Waals surface area contributed by atoms with Gasteiger partial charge in [0.25, 0.3) is 5.91 Å². The molecule has 134 valence electrons. The van der Waals surface area contributed by atoms with E-state index in [9.17, 15) is 9.59 Å². The van der Waals surface area contributed by atoms with Crippen LogP contribution >= 0.6 is 11.3 Å². The van der Waals surface area contributed by atoms with Gasteiger partial charge >= 0.3 is 5.97 Å². The lowest BCUT2D eigenvalue weighted by Crippen LogP contribution is -2.47. The summed E-state index contributed by atoms with van der Waals surface area (Å²) in [6, 6.07) is 0. The Morgan fingerprint density at radius 3 is 2.76 bits per heavy atom. The smallest absolute Gasteiger partial charge is 0.350 e. The van der Waals surface area contributed by atoms with Crippen LogP contribution in [-0.2, 0) is 15.1 Å². The Morgan fingerprint density at radius 1 is 1.36 bits per heavy atom. The number of anilines is 1. The number of tetrazole rings is 1. The van der Waals surface area contributed by atoms with Gasteiger partial charge in [-0.1, -0.05) is 30.6 Å². The van der Waals surface area contributed by atoms with Crippen molar-refractivity contribution >= 4 is 28.3 Å². The summed E-state index contributed by atoms with van der Waals surface area (Å²) in [4.78, 5) is 29.6. The maximum Gasteiger partial charge on any atom is 0.350 e. The van der Waals surface area contributed by atoms with Crippen molar-refractivity contribution in [1.29, 1.82) is 0 Å². The third kappa shape index (κ3) is 3.39. The van der Waals surface area contributed by atoms with Gasteiger partial charge in [-0.05, 0) is 37.1 Å². The molecule has 10 heteroatoms. The first kappa shape index (κ1) is 17.5. The predicted molar refractivity (Wildman–Crippen MR) is 90.3 cm³/mol. The quantitative estimate of drug-likeness (QED) is 0.807. The molecule has 0 unspecified atom stereocenters. The predicted octanol–water partition coefficient (Wildman–Crippen LogP) is 1.91. The van der Waals surface area contributed by atoms with Crippen molar-refractivity contribution in [3.05, 3.63) is 16.9 Å². The van der Waals surface area contributed by atoms with Gasteiger partial charge < -0.3 is 4.74 Å². The van der Waals surface area contributed by atoms with Crippen LogP contribution in [0.5, 0.6) is 0 Å². The lowest BCUT2D eigenvalue weighted by Gasteiger charge is -2.34. The van der Waals surface area contributed by atoms with Crippen LogP contribution < -0.4 is 5.32 Å². The van der Waals surface area contributed by atoms with E-state index in [1.54, 1.807) is 13.8 Å². The molecule has 0 aliphatic heterocycles. The highest BCUT2D eigenvalue weighted by molar-refractivity contribution is 7.17. The normalized spacial score (nSPS) is 16.4. The molecule has 9 nitrogen and oxygen atoms in total. The highest BCUT2D eigenvalue weighted by Crippen LogP contribution is 2.36. The molecule has 1 aliphatic rings. The number of carbonyl (C=O) groups is 2. The molecule has 25 heavy (non-hydrogen) atoms. The van der Waals surface area contributed by atoms with Crippen molar-refractivity contribution in [1.82, 2.24) is 25.2 Å². The molecule has 0 bridgehead atoms. The summed E-state index contributed by atoms with van der Waals surface area (Å²) in [7, 11) is 0. The Labute approximate surface area is 148 Å². The molecule has 0 aromatic carbocycles. The lowest BCUT2D eigenvalue weighted by atomic mass is 9.81. The summed E-state index contributed by atoms with van der Waals surface area (Å²) in [6.07, 6.45) is 5.75. The summed E-state index contributed by atoms with van der Waals surface area (Å²) >= 11 is 1.12. The molecule has 1 amide bonds. The summed E-state index contributed by atoms with van der Waals surface area (Å²) in [5.74, 6) is -0.630. The van der Waals surface area contributed by atoms with Gasteiger partial charge in [-0.3, -0.25) is 10.1 Å². The zero-order chi connectivity index (χ0) is 17.9. The number of amides is 1. The Morgan fingerprint density at radius 2 is 2.12 bits per heavy atom. The topological polar surface area (TPSA) is 112 Å². The fourth-order valence-corrected chi connectivity index (χ4v) is 3.96. The van der Waals surface area contributed by atoms with Gasteiger partial charge in [0.2, 0.25) is 0 Å². The molecule has 3 rings (SSSR count). The minimum Gasteiger partial charge on any atom is -0.462 e. The van der Waals surface area contributed by atoms with Crippen molar-refractivity contribution in [3.8, 4) is 0 Å². The minimum absolute atomic E-state index is 0.205. The lowest BCUT2D eigenvalue weighted by molar-refractivity contribution is -0.126. The van der Waals surface area contributed by atoms with E-state index >= 15 is 0 Å². The van der Waals surface area contributed by atoms with E-state index in [1.165, 1.54) is 11.0 Å². The Balaban J connectivity index is 1.83. The second kappa shape index (κ2) is 7.26. The van der Waals surface area contributed by atoms with Gasteiger partial charge in [0, 0.05) is 0 Å². The zero-order valence-electron chi connectivity index (χ0n) is 14.2. The SMILES string of the molecule is CCOC(=O)c1sc(NC(=O)C2(n3cnnn3)CCCCC2)nc1C. The van der Waals surface area contributed by atoms with Gasteiger partial charge in [0.15, 0.2) is 5.13 Å². The second-order valence-electron chi connectivity index (χ2n) is 5.95. The first-order chi connectivity index (χ1) is 12.1. The molecule has 0 radical (unpaired) electrons. The standard InChI is InChI=1S/C15H20N6O3S/c1-3-24-12(22)11-10(2)17-14(25-11)18-13(23)15(7-5-4-6-8-15)21-9-16-19-20-21/h9H,3-8H2,1-2H3,(H,17,18,23). The van der Waals surface area contributed by atoms with Crippen molar-refractivity contribution in [2.45, 2.75) is 51.5 Å². The van der Waals surface area contributed by atoms with Gasteiger partial charge in [-0.25, -0.2) is 14.5 Å². The van der Waals surface area contributed by atoms with E-state index in [4.69, 9.17) is 4.74 Å². The number of ether oxygens (including phenoxy) is 1. The molecule has 1 aliphatic carbocycles. The largest absolute Gasteiger partial charge is 0.462 e. The summed E-state index contributed by atoms with van der Waals surface area (Å²) in [6.45, 7) is 3.76. The number of rotatable bonds is 5. The van der Waals surface area contributed by atoms with Crippen LogP contribution in [0, 0.1) is 6.92 Å². The fourth-order valence-electron chi connectivity index (χ4n) is 3.10. The Bertz CT molecular complexity index is 751. The Kier molecular flexibility index (Phi) is 5.07. The highest BCUT2D eigenvalue weighted by Gasteiger charge is 2.43. The molecular weight excluding hydrogens is 344 g/mol. The molecule has 0 atom stereocenters. The molecule has 1 fully saturated rings. The van der Waals surface area contributed by atoms with Crippen molar-refractivity contribution < 1.29 is 14.3 Å². The number of carbonyl (C=O) groups excluding carboxylic acids is 2. The third-order valence-corrected chi connectivity index (χ3v) is 5.42. The summed E-state index contributed by atoms with van der Waals surface area (Å²) in [5.41, 5.74) is -0.273.